The van der Waals surface area contributed by atoms with Gasteiger partial charge in [-0.3, -0.25) is 9.69 Å². The van der Waals surface area contributed by atoms with Crippen LogP contribution in [0.2, 0.25) is 0 Å². The molecule has 0 radical (unpaired) electrons. The van der Waals surface area contributed by atoms with E-state index in [1.807, 2.05) is 38.2 Å². The van der Waals surface area contributed by atoms with Crippen LogP contribution in [0.3, 0.4) is 0 Å². The lowest BCUT2D eigenvalue weighted by molar-refractivity contribution is -0.921. The van der Waals surface area contributed by atoms with Gasteiger partial charge in [-0.2, -0.15) is 0 Å². The molecule has 0 aromatic heterocycles. The molecule has 1 aliphatic heterocycles. The lowest BCUT2D eigenvalue weighted by atomic mass is 9.98. The Labute approximate surface area is 274 Å². The number of anilines is 1. The minimum Gasteiger partial charge on any atom is -0.396 e. The van der Waals surface area contributed by atoms with E-state index in [-0.39, 0.29) is 19.1 Å². The highest BCUT2D eigenvalue weighted by molar-refractivity contribution is 5.78. The molecule has 7 nitrogen and oxygen atoms in total. The molecule has 2 atom stereocenters. The smallest absolute Gasteiger partial charge is 0.279 e. The molecule has 252 valence electrons. The minimum atomic E-state index is 0.00147. The molecule has 2 rings (SSSR count). The van der Waals surface area contributed by atoms with Gasteiger partial charge in [0.05, 0.1) is 19.6 Å². The second-order valence-electron chi connectivity index (χ2n) is 12.9. The average Bonchev–Trinajstić information content (AvgIpc) is 3.03. The molecule has 1 aromatic carbocycles. The van der Waals surface area contributed by atoms with E-state index in [1.165, 1.54) is 29.7 Å². The van der Waals surface area contributed by atoms with Crippen LogP contribution >= 0.6 is 0 Å². The van der Waals surface area contributed by atoms with Gasteiger partial charge in [0.2, 0.25) is 0 Å². The summed E-state index contributed by atoms with van der Waals surface area (Å²) in [6, 6.07) is 6.78. The zero-order valence-corrected chi connectivity index (χ0v) is 28.8. The normalized spacial score (nSPS) is 17.6. The van der Waals surface area contributed by atoms with Crippen molar-refractivity contribution >= 4 is 11.6 Å². The van der Waals surface area contributed by atoms with Gasteiger partial charge in [0.15, 0.2) is 6.54 Å². The highest BCUT2D eigenvalue weighted by Crippen LogP contribution is 2.27. The number of hydrogen-bond donors (Lipinski definition) is 4. The largest absolute Gasteiger partial charge is 0.396 e. The summed E-state index contributed by atoms with van der Waals surface area (Å²) in [6.07, 6.45) is 20.0. The molecule has 1 aliphatic rings. The summed E-state index contributed by atoms with van der Waals surface area (Å²) in [5.41, 5.74) is 5.79. The summed E-state index contributed by atoms with van der Waals surface area (Å²) in [5, 5.41) is 25.8. The summed E-state index contributed by atoms with van der Waals surface area (Å²) >= 11 is 0. The third-order valence-electron chi connectivity index (χ3n) is 9.04. The predicted molar refractivity (Wildman–Crippen MR) is 190 cm³/mol. The van der Waals surface area contributed by atoms with E-state index >= 15 is 0 Å². The SMILES string of the molecule is C=C(Nc1c(C)cccc1C)C1CCCCN1CCCCCC[N+](CCCO)(CCCCO)CC(=O)N/C=C(C)/C=C\C=C\C. The molecule has 1 amide bonds. The Balaban J connectivity index is 1.93. The van der Waals surface area contributed by atoms with Crippen molar-refractivity contribution in [1.29, 1.82) is 0 Å². The van der Waals surface area contributed by atoms with Crippen LogP contribution in [0.5, 0.6) is 0 Å². The topological polar surface area (TPSA) is 84.8 Å². The lowest BCUT2D eigenvalue weighted by Crippen LogP contribution is -2.55. The molecular weight excluding hydrogens is 560 g/mol. The number of nitrogens with zero attached hydrogens (tertiary/aromatic N) is 2. The van der Waals surface area contributed by atoms with Gasteiger partial charge in [-0.25, -0.2) is 0 Å². The molecule has 1 saturated heterocycles. The van der Waals surface area contributed by atoms with E-state index < -0.39 is 0 Å². The van der Waals surface area contributed by atoms with Crippen LogP contribution in [0.15, 0.2) is 66.6 Å². The molecule has 0 saturated carbocycles. The standard InChI is InChI=1S/C38H62N4O3/c1-6-7-10-19-32(2)30-39-37(45)31-42(27-18-29-44,26-15-16-28-43)25-14-9-8-12-23-41-24-13-11-22-36(41)35(5)40-38-33(3)20-17-21-34(38)4/h6-7,10,17,19-21,30,36,40,43-44H,5,8-9,11-16,18,22-29,31H2,1-4H3/p+1/b7-6+,19-10-,32-30+. The number of benzene rings is 1. The average molecular weight is 624 g/mol. The van der Waals surface area contributed by atoms with Crippen molar-refractivity contribution in [1.82, 2.24) is 10.2 Å². The summed E-state index contributed by atoms with van der Waals surface area (Å²) in [6.45, 7) is 18.1. The van der Waals surface area contributed by atoms with Gasteiger partial charge in [0.1, 0.15) is 0 Å². The molecule has 1 aromatic rings. The van der Waals surface area contributed by atoms with Crippen LogP contribution in [0, 0.1) is 13.8 Å². The molecule has 0 spiro atoms. The van der Waals surface area contributed by atoms with Crippen molar-refractivity contribution in [3.05, 3.63) is 77.7 Å². The van der Waals surface area contributed by atoms with Gasteiger partial charge in [-0.1, -0.05) is 61.9 Å². The number of amides is 1. The van der Waals surface area contributed by atoms with Crippen molar-refractivity contribution in [2.24, 2.45) is 0 Å². The number of aliphatic hydroxyl groups is 2. The van der Waals surface area contributed by atoms with E-state index in [9.17, 15) is 15.0 Å². The first kappa shape index (κ1) is 38.5. The molecule has 1 heterocycles. The number of piperidine rings is 1. The minimum absolute atomic E-state index is 0.00147. The second-order valence-corrected chi connectivity index (χ2v) is 12.9. The Morgan fingerprint density at radius 1 is 0.978 bits per heavy atom. The fraction of sp³-hybridized carbons (Fsp3) is 0.605. The number of carbonyl (C=O) groups is 1. The quantitative estimate of drug-likeness (QED) is 0.0651. The number of hydrogen-bond acceptors (Lipinski definition) is 5. The fourth-order valence-corrected chi connectivity index (χ4v) is 6.47. The van der Waals surface area contributed by atoms with Gasteiger partial charge >= 0.3 is 0 Å². The number of nitrogens with one attached hydrogen (secondary N) is 2. The van der Waals surface area contributed by atoms with E-state index in [0.29, 0.717) is 23.5 Å². The Bertz CT molecular complexity index is 1090. The summed E-state index contributed by atoms with van der Waals surface area (Å²) in [4.78, 5) is 15.7. The number of para-hydroxylation sites is 1. The van der Waals surface area contributed by atoms with Gasteiger partial charge in [0.25, 0.3) is 5.91 Å². The molecular formula is C38H63N4O3+. The van der Waals surface area contributed by atoms with Crippen molar-refractivity contribution in [3.8, 4) is 0 Å². The van der Waals surface area contributed by atoms with E-state index in [0.717, 1.165) is 88.9 Å². The first-order valence-electron chi connectivity index (χ1n) is 17.3. The number of allylic oxidation sites excluding steroid dienone is 5. The van der Waals surface area contributed by atoms with Crippen LogP contribution in [0.25, 0.3) is 0 Å². The fourth-order valence-electron chi connectivity index (χ4n) is 6.47. The summed E-state index contributed by atoms with van der Waals surface area (Å²) < 4.78 is 0.658. The van der Waals surface area contributed by atoms with E-state index in [4.69, 9.17) is 0 Å². The molecule has 45 heavy (non-hydrogen) atoms. The monoisotopic (exact) mass is 623 g/mol. The molecule has 1 fully saturated rings. The maximum Gasteiger partial charge on any atom is 0.279 e. The Morgan fingerprint density at radius 2 is 1.64 bits per heavy atom. The Kier molecular flexibility index (Phi) is 18.7. The number of rotatable bonds is 22. The van der Waals surface area contributed by atoms with Crippen molar-refractivity contribution in [2.45, 2.75) is 97.9 Å². The molecule has 2 unspecified atom stereocenters. The maximum absolute atomic E-state index is 13.1. The second kappa shape index (κ2) is 21.9. The van der Waals surface area contributed by atoms with Gasteiger partial charge in [0, 0.05) is 43.3 Å². The van der Waals surface area contributed by atoms with E-state index in [1.54, 1.807) is 6.20 Å². The first-order valence-corrected chi connectivity index (χ1v) is 17.3. The zero-order valence-electron chi connectivity index (χ0n) is 28.8. The Hall–Kier alpha value is -2.71. The van der Waals surface area contributed by atoms with E-state index in [2.05, 4.69) is 54.2 Å². The van der Waals surface area contributed by atoms with Crippen LogP contribution in [0.4, 0.5) is 5.69 Å². The van der Waals surface area contributed by atoms with Crippen LogP contribution in [-0.2, 0) is 4.79 Å². The number of aliphatic hydroxyl groups excluding tert-OH is 2. The Morgan fingerprint density at radius 3 is 2.33 bits per heavy atom. The van der Waals surface area contributed by atoms with Crippen LogP contribution in [0.1, 0.15) is 89.2 Å². The highest BCUT2D eigenvalue weighted by atomic mass is 16.3. The number of likely N-dealkylation sites (tertiary alicyclic amines) is 1. The number of quaternary nitrogens is 1. The predicted octanol–water partition coefficient (Wildman–Crippen LogP) is 6.77. The number of carbonyl (C=O) groups excluding carboxylic acids is 1. The number of aryl methyl sites for hydroxylation is 2. The van der Waals surface area contributed by atoms with Gasteiger partial charge in [-0.15, -0.1) is 0 Å². The first-order chi connectivity index (χ1) is 21.7. The lowest BCUT2D eigenvalue weighted by Gasteiger charge is -2.38. The number of unbranched alkanes of at least 4 members (excludes halogenated alkanes) is 4. The molecule has 0 bridgehead atoms. The van der Waals surface area contributed by atoms with Crippen molar-refractivity contribution < 1.29 is 19.5 Å². The highest BCUT2D eigenvalue weighted by Gasteiger charge is 2.29. The third kappa shape index (κ3) is 14.5. The molecule has 4 N–H and O–H groups in total. The zero-order chi connectivity index (χ0) is 32.9. The summed E-state index contributed by atoms with van der Waals surface area (Å²) in [5.74, 6) is 0.00147. The van der Waals surface area contributed by atoms with Crippen molar-refractivity contribution in [3.63, 3.8) is 0 Å². The molecule has 0 aliphatic carbocycles. The van der Waals surface area contributed by atoms with Gasteiger partial charge in [-0.05, 0) is 102 Å². The molecule has 7 heteroatoms. The maximum atomic E-state index is 13.1. The third-order valence-corrected chi connectivity index (χ3v) is 9.04. The summed E-state index contributed by atoms with van der Waals surface area (Å²) in [7, 11) is 0. The van der Waals surface area contributed by atoms with Crippen LogP contribution in [-0.4, -0.2) is 84.0 Å². The van der Waals surface area contributed by atoms with Crippen molar-refractivity contribution in [2.75, 3.05) is 57.8 Å². The van der Waals surface area contributed by atoms with Crippen LogP contribution < -0.4 is 10.6 Å². The van der Waals surface area contributed by atoms with Gasteiger partial charge < -0.3 is 25.3 Å².